The van der Waals surface area contributed by atoms with E-state index in [-0.39, 0.29) is 5.56 Å². The van der Waals surface area contributed by atoms with Crippen molar-refractivity contribution < 1.29 is 0 Å². The van der Waals surface area contributed by atoms with Crippen LogP contribution in [-0.4, -0.2) is 24.7 Å². The van der Waals surface area contributed by atoms with E-state index in [1.54, 1.807) is 11.3 Å². The highest BCUT2D eigenvalue weighted by Gasteiger charge is 2.18. The molecule has 24 heavy (non-hydrogen) atoms. The topological polar surface area (TPSA) is 76.5 Å². The van der Waals surface area contributed by atoms with E-state index >= 15 is 0 Å². The van der Waals surface area contributed by atoms with Crippen molar-refractivity contribution in [2.24, 2.45) is 0 Å². The second-order valence-corrected chi connectivity index (χ2v) is 7.56. The van der Waals surface area contributed by atoms with Crippen LogP contribution in [-0.2, 0) is 25.8 Å². The van der Waals surface area contributed by atoms with Gasteiger partial charge in [0, 0.05) is 17.8 Å². The van der Waals surface area contributed by atoms with E-state index in [1.807, 2.05) is 0 Å². The molecule has 0 spiro atoms. The molecule has 1 N–H and O–H groups in total. The van der Waals surface area contributed by atoms with Gasteiger partial charge in [0.1, 0.15) is 22.3 Å². The molecule has 3 aromatic heterocycles. The first-order chi connectivity index (χ1) is 11.7. The van der Waals surface area contributed by atoms with Gasteiger partial charge in [-0.15, -0.1) is 21.5 Å². The Morgan fingerprint density at radius 1 is 1.25 bits per heavy atom. The third-order valence-electron chi connectivity index (χ3n) is 4.78. The summed E-state index contributed by atoms with van der Waals surface area (Å²) in [5.41, 5.74) is 1.08. The van der Waals surface area contributed by atoms with Crippen molar-refractivity contribution in [2.75, 3.05) is 0 Å². The number of H-pyrrole nitrogens is 1. The smallest absolute Gasteiger partial charge is 0.259 e. The maximum atomic E-state index is 12.5. The van der Waals surface area contributed by atoms with Crippen LogP contribution in [0.5, 0.6) is 0 Å². The molecule has 0 atom stereocenters. The molecule has 0 saturated carbocycles. The van der Waals surface area contributed by atoms with Crippen LogP contribution in [0, 0.1) is 6.92 Å². The Balaban J connectivity index is 1.73. The van der Waals surface area contributed by atoms with Gasteiger partial charge < -0.3 is 9.55 Å². The highest BCUT2D eigenvalue weighted by Crippen LogP contribution is 2.27. The number of fused-ring (bicyclic) bond motifs is 2. The minimum Gasteiger partial charge on any atom is -0.315 e. The number of hydrogen-bond donors (Lipinski definition) is 1. The lowest BCUT2D eigenvalue weighted by molar-refractivity contribution is 0.609. The summed E-state index contributed by atoms with van der Waals surface area (Å²) < 4.78 is 2.20. The van der Waals surface area contributed by atoms with Crippen LogP contribution in [0.4, 0.5) is 0 Å². The predicted octanol–water partition coefficient (Wildman–Crippen LogP) is 2.76. The zero-order valence-corrected chi connectivity index (χ0v) is 14.9. The molecule has 7 heteroatoms. The van der Waals surface area contributed by atoms with Crippen LogP contribution < -0.4 is 5.56 Å². The van der Waals surface area contributed by atoms with Crippen molar-refractivity contribution in [3.05, 3.63) is 38.3 Å². The fourth-order valence-electron chi connectivity index (χ4n) is 3.55. The molecule has 0 unspecified atom stereocenters. The Morgan fingerprint density at radius 3 is 2.96 bits per heavy atom. The fourth-order valence-corrected chi connectivity index (χ4v) is 4.69. The zero-order chi connectivity index (χ0) is 16.7. The Bertz CT molecular complexity index is 952. The van der Waals surface area contributed by atoms with Gasteiger partial charge in [-0.05, 0) is 31.7 Å². The van der Waals surface area contributed by atoms with Gasteiger partial charge in [-0.2, -0.15) is 0 Å². The van der Waals surface area contributed by atoms with E-state index in [9.17, 15) is 4.79 Å². The summed E-state index contributed by atoms with van der Waals surface area (Å²) in [6, 6.07) is 0. The first kappa shape index (κ1) is 15.5. The lowest BCUT2D eigenvalue weighted by atomic mass is 10.1. The number of rotatable bonds is 3. The molecule has 3 aromatic rings. The number of nitrogens with one attached hydrogen (secondary N) is 1. The van der Waals surface area contributed by atoms with Gasteiger partial charge in [-0.3, -0.25) is 4.79 Å². The number of aromatic nitrogens is 5. The predicted molar refractivity (Wildman–Crippen MR) is 94.7 cm³/mol. The van der Waals surface area contributed by atoms with Crippen LogP contribution in [0.2, 0.25) is 0 Å². The van der Waals surface area contributed by atoms with Crippen LogP contribution >= 0.6 is 11.3 Å². The maximum absolute atomic E-state index is 12.5. The molecule has 6 nitrogen and oxygen atoms in total. The lowest BCUT2D eigenvalue weighted by Crippen LogP contribution is -2.14. The van der Waals surface area contributed by atoms with Crippen LogP contribution in [0.3, 0.4) is 0 Å². The molecule has 1 aliphatic heterocycles. The van der Waals surface area contributed by atoms with Crippen molar-refractivity contribution >= 4 is 21.6 Å². The third kappa shape index (κ3) is 2.56. The van der Waals surface area contributed by atoms with Crippen LogP contribution in [0.15, 0.2) is 4.79 Å². The molecule has 0 amide bonds. The van der Waals surface area contributed by atoms with Gasteiger partial charge in [0.2, 0.25) is 0 Å². The molecule has 0 saturated heterocycles. The summed E-state index contributed by atoms with van der Waals surface area (Å²) in [6.07, 6.45) is 5.93. The molecular formula is C17H21N5OS. The summed E-state index contributed by atoms with van der Waals surface area (Å²) in [7, 11) is 0. The number of thiophene rings is 1. The Hall–Kier alpha value is -2.02. The van der Waals surface area contributed by atoms with Crippen LogP contribution in [0.25, 0.3) is 10.2 Å². The monoisotopic (exact) mass is 343 g/mol. The van der Waals surface area contributed by atoms with E-state index in [4.69, 9.17) is 4.98 Å². The van der Waals surface area contributed by atoms with Gasteiger partial charge in [-0.1, -0.05) is 13.3 Å². The van der Waals surface area contributed by atoms with Crippen molar-refractivity contribution in [3.8, 4) is 0 Å². The molecule has 1 aliphatic rings. The second-order valence-electron chi connectivity index (χ2n) is 6.35. The normalized spacial score (nSPS) is 14.8. The van der Waals surface area contributed by atoms with Gasteiger partial charge in [0.05, 0.1) is 11.8 Å². The van der Waals surface area contributed by atoms with Crippen molar-refractivity contribution in [1.29, 1.82) is 0 Å². The average molecular weight is 343 g/mol. The lowest BCUT2D eigenvalue weighted by Gasteiger charge is -2.06. The summed E-state index contributed by atoms with van der Waals surface area (Å²) >= 11 is 1.60. The van der Waals surface area contributed by atoms with Gasteiger partial charge in [0.15, 0.2) is 0 Å². The molecule has 0 aliphatic carbocycles. The number of aromatic amines is 1. The van der Waals surface area contributed by atoms with E-state index in [0.717, 1.165) is 53.2 Å². The van der Waals surface area contributed by atoms with E-state index < -0.39 is 0 Å². The molecule has 4 heterocycles. The average Bonchev–Trinajstić information content (AvgIpc) is 2.98. The quantitative estimate of drug-likeness (QED) is 0.793. The molecule has 0 aromatic carbocycles. The van der Waals surface area contributed by atoms with Crippen molar-refractivity contribution in [3.63, 3.8) is 0 Å². The molecule has 4 rings (SSSR count). The minimum absolute atomic E-state index is 0.0354. The first-order valence-electron chi connectivity index (χ1n) is 8.59. The maximum Gasteiger partial charge on any atom is 0.259 e. The Morgan fingerprint density at radius 2 is 2.12 bits per heavy atom. The molecule has 0 radical (unpaired) electrons. The standard InChI is InChI=1S/C17H21N5OS/c1-3-11-10(2)24-17-15(11)16(23)18-12(19-17)9-14-21-20-13-7-5-4-6-8-22(13)14/h3-9H2,1-2H3,(H,18,19,23). The first-order valence-corrected chi connectivity index (χ1v) is 9.41. The van der Waals surface area contributed by atoms with Crippen molar-refractivity contribution in [2.45, 2.75) is 58.9 Å². The van der Waals surface area contributed by atoms with Gasteiger partial charge in [0.25, 0.3) is 5.56 Å². The summed E-state index contributed by atoms with van der Waals surface area (Å²) in [6.45, 7) is 5.10. The second kappa shape index (κ2) is 6.12. The number of nitrogens with zero attached hydrogens (tertiary/aromatic N) is 4. The number of hydrogen-bond acceptors (Lipinski definition) is 5. The summed E-state index contributed by atoms with van der Waals surface area (Å²) in [4.78, 5) is 22.2. The van der Waals surface area contributed by atoms with E-state index in [2.05, 4.69) is 33.6 Å². The molecule has 126 valence electrons. The third-order valence-corrected chi connectivity index (χ3v) is 5.82. The largest absolute Gasteiger partial charge is 0.315 e. The number of aryl methyl sites for hydroxylation is 3. The SMILES string of the molecule is CCc1c(C)sc2nc(Cc3nnc4n3CCCCC4)[nH]c(=O)c12. The van der Waals surface area contributed by atoms with Gasteiger partial charge in [-0.25, -0.2) is 4.98 Å². The zero-order valence-electron chi connectivity index (χ0n) is 14.1. The Labute approximate surface area is 144 Å². The summed E-state index contributed by atoms with van der Waals surface area (Å²) in [5.74, 6) is 2.64. The molecule has 0 fully saturated rings. The van der Waals surface area contributed by atoms with Crippen LogP contribution in [0.1, 0.15) is 54.1 Å². The van der Waals surface area contributed by atoms with Crippen molar-refractivity contribution in [1.82, 2.24) is 24.7 Å². The molecular weight excluding hydrogens is 322 g/mol. The minimum atomic E-state index is -0.0354. The molecule has 0 bridgehead atoms. The summed E-state index contributed by atoms with van der Waals surface area (Å²) in [5, 5.41) is 9.42. The highest BCUT2D eigenvalue weighted by molar-refractivity contribution is 7.18. The van der Waals surface area contributed by atoms with E-state index in [0.29, 0.717) is 12.2 Å². The highest BCUT2D eigenvalue weighted by atomic mass is 32.1. The fraction of sp³-hybridized carbons (Fsp3) is 0.529. The Kier molecular flexibility index (Phi) is 3.96. The van der Waals surface area contributed by atoms with Gasteiger partial charge >= 0.3 is 0 Å². The van der Waals surface area contributed by atoms with E-state index in [1.165, 1.54) is 17.7 Å².